The number of aryl methyl sites for hydroxylation is 3. The lowest BCUT2D eigenvalue weighted by Crippen LogP contribution is -2.48. The summed E-state index contributed by atoms with van der Waals surface area (Å²) in [5.41, 5.74) is 1.36. The third-order valence-electron chi connectivity index (χ3n) is 6.54. The second-order valence-electron chi connectivity index (χ2n) is 8.88. The first kappa shape index (κ1) is 21.8. The number of fused-ring (bicyclic) bond motifs is 2. The average molecular weight is 448 g/mol. The van der Waals surface area contributed by atoms with Crippen LogP contribution in [-0.4, -0.2) is 37.4 Å². The fraction of sp³-hybridized carbons (Fsp3) is 0.583. The van der Waals surface area contributed by atoms with Gasteiger partial charge in [-0.3, -0.25) is 4.90 Å². The van der Waals surface area contributed by atoms with Crippen molar-refractivity contribution in [3.8, 4) is 5.75 Å². The Labute approximate surface area is 185 Å². The fourth-order valence-electron chi connectivity index (χ4n) is 5.02. The molecule has 0 saturated carbocycles. The molecule has 2 saturated heterocycles. The van der Waals surface area contributed by atoms with Crippen molar-refractivity contribution in [2.75, 3.05) is 5.88 Å². The van der Waals surface area contributed by atoms with Crippen molar-refractivity contribution in [1.29, 1.82) is 0 Å². The molecule has 2 aliphatic rings. The quantitative estimate of drug-likeness (QED) is 0.535. The van der Waals surface area contributed by atoms with E-state index in [9.17, 15) is 8.42 Å². The van der Waals surface area contributed by atoms with Gasteiger partial charge in [0.25, 0.3) is 0 Å². The van der Waals surface area contributed by atoms with E-state index in [2.05, 4.69) is 36.1 Å². The van der Waals surface area contributed by atoms with Crippen LogP contribution in [0.2, 0.25) is 0 Å². The lowest BCUT2D eigenvalue weighted by molar-refractivity contribution is 0.0609. The van der Waals surface area contributed by atoms with Gasteiger partial charge in [-0.1, -0.05) is 25.5 Å². The molecule has 0 spiro atoms. The number of sulfone groups is 1. The summed E-state index contributed by atoms with van der Waals surface area (Å²) in [6.07, 6.45) is 7.67. The van der Waals surface area contributed by atoms with Gasteiger partial charge in [0.15, 0.2) is 9.84 Å². The van der Waals surface area contributed by atoms with E-state index in [0.29, 0.717) is 17.0 Å². The number of benzene rings is 1. The van der Waals surface area contributed by atoms with Crippen LogP contribution in [0.5, 0.6) is 5.75 Å². The van der Waals surface area contributed by atoms with Crippen molar-refractivity contribution in [3.63, 3.8) is 0 Å². The zero-order valence-electron chi connectivity index (χ0n) is 18.3. The number of unbranched alkanes of at least 4 members (excludes halogenated alkanes) is 1. The molecular formula is C24H33NO3S2. The molecule has 0 aliphatic carbocycles. The highest BCUT2D eigenvalue weighted by molar-refractivity contribution is 7.91. The Morgan fingerprint density at radius 3 is 2.33 bits per heavy atom. The van der Waals surface area contributed by atoms with Gasteiger partial charge in [-0.15, -0.1) is 11.3 Å². The van der Waals surface area contributed by atoms with E-state index in [1.807, 2.05) is 19.9 Å². The fourth-order valence-corrected chi connectivity index (χ4v) is 8.17. The summed E-state index contributed by atoms with van der Waals surface area (Å²) < 4.78 is 32.4. The Balaban J connectivity index is 1.38. The van der Waals surface area contributed by atoms with Gasteiger partial charge in [-0.2, -0.15) is 0 Å². The summed E-state index contributed by atoms with van der Waals surface area (Å²) in [6, 6.07) is 11.0. The standard InChI is InChI=1S/C24H33NO3S2/c1-4-5-6-19-7-11-22(12-8-19)28-23-14-20-9-10-21(15-23)25(20)16-30(26,27)24-13-17(2)29-18(24)3/h7-8,11-13,20-21,23H,4-6,9-10,14-16H2,1-3H3/t20-,21+,23-. The molecule has 30 heavy (non-hydrogen) atoms. The number of hydrogen-bond acceptors (Lipinski definition) is 5. The van der Waals surface area contributed by atoms with E-state index in [-0.39, 0.29) is 12.0 Å². The summed E-state index contributed by atoms with van der Waals surface area (Å²) >= 11 is 1.56. The average Bonchev–Trinajstić information content (AvgIpc) is 3.15. The van der Waals surface area contributed by atoms with Crippen LogP contribution in [0.1, 0.15) is 60.8 Å². The molecule has 0 unspecified atom stereocenters. The molecule has 6 heteroatoms. The minimum absolute atomic E-state index is 0.137. The zero-order chi connectivity index (χ0) is 21.3. The highest BCUT2D eigenvalue weighted by Gasteiger charge is 2.43. The molecule has 1 aromatic heterocycles. The van der Waals surface area contributed by atoms with Gasteiger partial charge in [0, 0.05) is 21.8 Å². The number of piperidine rings is 1. The third kappa shape index (κ3) is 4.76. The van der Waals surface area contributed by atoms with Crippen LogP contribution >= 0.6 is 11.3 Å². The first-order valence-electron chi connectivity index (χ1n) is 11.2. The lowest BCUT2D eigenvalue weighted by Gasteiger charge is -2.38. The molecule has 3 atom stereocenters. The molecular weight excluding hydrogens is 414 g/mol. The SMILES string of the molecule is CCCCc1ccc(O[C@@H]2C[C@H]3CC[C@@H](C2)N3CS(=O)(=O)c2cc(C)sc2C)cc1. The lowest BCUT2D eigenvalue weighted by atomic mass is 10.0. The molecule has 2 aromatic rings. The van der Waals surface area contributed by atoms with E-state index in [1.54, 1.807) is 11.3 Å². The second-order valence-corrected chi connectivity index (χ2v) is 12.3. The number of nitrogens with zero attached hydrogens (tertiary/aromatic N) is 1. The molecule has 0 radical (unpaired) electrons. The van der Waals surface area contributed by atoms with Crippen molar-refractivity contribution < 1.29 is 13.2 Å². The van der Waals surface area contributed by atoms with Crippen LogP contribution in [0.4, 0.5) is 0 Å². The molecule has 2 aliphatic heterocycles. The molecule has 0 amide bonds. The highest BCUT2D eigenvalue weighted by atomic mass is 32.2. The van der Waals surface area contributed by atoms with E-state index in [0.717, 1.165) is 47.6 Å². The number of rotatable bonds is 8. The van der Waals surface area contributed by atoms with Gasteiger partial charge >= 0.3 is 0 Å². The summed E-state index contributed by atoms with van der Waals surface area (Å²) in [6.45, 7) is 6.10. The zero-order valence-corrected chi connectivity index (χ0v) is 19.9. The third-order valence-corrected chi connectivity index (χ3v) is 9.36. The molecule has 164 valence electrons. The van der Waals surface area contributed by atoms with Crippen LogP contribution in [-0.2, 0) is 16.3 Å². The van der Waals surface area contributed by atoms with E-state index in [4.69, 9.17) is 4.74 Å². The first-order chi connectivity index (χ1) is 14.4. The molecule has 1 aromatic carbocycles. The van der Waals surface area contributed by atoms with E-state index < -0.39 is 9.84 Å². The van der Waals surface area contributed by atoms with Crippen LogP contribution in [0, 0.1) is 13.8 Å². The van der Waals surface area contributed by atoms with Crippen molar-refractivity contribution in [2.45, 2.75) is 88.8 Å². The smallest absolute Gasteiger partial charge is 0.192 e. The molecule has 2 fully saturated rings. The molecule has 0 N–H and O–H groups in total. The van der Waals surface area contributed by atoms with Gasteiger partial charge in [-0.25, -0.2) is 8.42 Å². The van der Waals surface area contributed by atoms with Crippen molar-refractivity contribution >= 4 is 21.2 Å². The van der Waals surface area contributed by atoms with Crippen LogP contribution in [0.25, 0.3) is 0 Å². The predicted molar refractivity (Wildman–Crippen MR) is 123 cm³/mol. The Hall–Kier alpha value is -1.37. The summed E-state index contributed by atoms with van der Waals surface area (Å²) in [5.74, 6) is 1.07. The van der Waals surface area contributed by atoms with Gasteiger partial charge < -0.3 is 4.74 Å². The number of ether oxygens (including phenoxy) is 1. The Morgan fingerprint density at radius 2 is 1.77 bits per heavy atom. The summed E-state index contributed by atoms with van der Waals surface area (Å²) in [5, 5.41) is 0. The van der Waals surface area contributed by atoms with Crippen LogP contribution in [0.15, 0.2) is 35.2 Å². The maximum Gasteiger partial charge on any atom is 0.192 e. The molecule has 4 rings (SSSR count). The monoisotopic (exact) mass is 447 g/mol. The maximum atomic E-state index is 13.1. The van der Waals surface area contributed by atoms with Crippen molar-refractivity contribution in [1.82, 2.24) is 4.90 Å². The van der Waals surface area contributed by atoms with Crippen molar-refractivity contribution in [2.24, 2.45) is 0 Å². The topological polar surface area (TPSA) is 46.6 Å². The highest BCUT2D eigenvalue weighted by Crippen LogP contribution is 2.39. The Morgan fingerprint density at radius 1 is 1.10 bits per heavy atom. The number of thiophene rings is 1. The molecule has 4 nitrogen and oxygen atoms in total. The Kier molecular flexibility index (Phi) is 6.56. The van der Waals surface area contributed by atoms with Crippen LogP contribution in [0.3, 0.4) is 0 Å². The van der Waals surface area contributed by atoms with E-state index in [1.165, 1.54) is 18.4 Å². The second kappa shape index (κ2) is 9.01. The van der Waals surface area contributed by atoms with Gasteiger partial charge in [-0.05, 0) is 76.1 Å². The maximum absolute atomic E-state index is 13.1. The number of hydrogen-bond donors (Lipinski definition) is 0. The molecule has 3 heterocycles. The molecule has 2 bridgehead atoms. The van der Waals surface area contributed by atoms with E-state index >= 15 is 0 Å². The first-order valence-corrected chi connectivity index (χ1v) is 13.6. The Bertz CT molecular complexity index is 951. The largest absolute Gasteiger partial charge is 0.490 e. The normalized spacial score (nSPS) is 24.3. The van der Waals surface area contributed by atoms with Crippen molar-refractivity contribution in [3.05, 3.63) is 45.6 Å². The van der Waals surface area contributed by atoms with Gasteiger partial charge in [0.2, 0.25) is 0 Å². The van der Waals surface area contributed by atoms with Gasteiger partial charge in [0.05, 0.1) is 4.90 Å². The predicted octanol–water partition coefficient (Wildman–Crippen LogP) is 5.51. The summed E-state index contributed by atoms with van der Waals surface area (Å²) in [7, 11) is -3.29. The van der Waals surface area contributed by atoms with Gasteiger partial charge in [0.1, 0.15) is 17.7 Å². The minimum Gasteiger partial charge on any atom is -0.490 e. The van der Waals surface area contributed by atoms with Crippen LogP contribution < -0.4 is 4.74 Å². The minimum atomic E-state index is -3.29. The summed E-state index contributed by atoms with van der Waals surface area (Å²) in [4.78, 5) is 4.71.